The van der Waals surface area contributed by atoms with Crippen LogP contribution in [0.15, 0.2) is 59.7 Å². The minimum absolute atomic E-state index is 0.0246. The highest BCUT2D eigenvalue weighted by Gasteiger charge is 2.25. The number of H-pyrrole nitrogens is 1. The van der Waals surface area contributed by atoms with Gasteiger partial charge in [-0.1, -0.05) is 42.3 Å². The number of aromatic nitrogens is 3. The second kappa shape index (κ2) is 15.2. The van der Waals surface area contributed by atoms with Crippen molar-refractivity contribution in [1.82, 2.24) is 20.3 Å². The zero-order valence-electron chi connectivity index (χ0n) is 24.9. The summed E-state index contributed by atoms with van der Waals surface area (Å²) in [6.07, 6.45) is 6.45. The van der Waals surface area contributed by atoms with Crippen LogP contribution in [0, 0.1) is 17.3 Å². The lowest BCUT2D eigenvalue weighted by atomic mass is 9.97. The van der Waals surface area contributed by atoms with Gasteiger partial charge in [-0.25, -0.2) is 9.97 Å². The molecule has 10 nitrogen and oxygen atoms in total. The van der Waals surface area contributed by atoms with Gasteiger partial charge in [0, 0.05) is 43.8 Å². The number of unbranched alkanes of at least 4 members (excludes halogenated alkanes) is 1. The van der Waals surface area contributed by atoms with Crippen molar-refractivity contribution in [3.63, 3.8) is 0 Å². The van der Waals surface area contributed by atoms with Crippen molar-refractivity contribution < 1.29 is 14.3 Å². The first-order valence-corrected chi connectivity index (χ1v) is 15.1. The van der Waals surface area contributed by atoms with E-state index in [0.717, 1.165) is 53.9 Å². The van der Waals surface area contributed by atoms with Crippen LogP contribution in [0.3, 0.4) is 0 Å². The van der Waals surface area contributed by atoms with Gasteiger partial charge in [0.25, 0.3) is 5.56 Å². The Kier molecular flexibility index (Phi) is 10.7. The summed E-state index contributed by atoms with van der Waals surface area (Å²) in [5, 5.41) is 16.7. The average molecular weight is 595 g/mol. The number of fused-ring (bicyclic) bond motifs is 2. The molecule has 1 saturated heterocycles. The number of anilines is 1. The molecule has 0 saturated carbocycles. The number of ether oxygens (including phenoxy) is 2. The van der Waals surface area contributed by atoms with E-state index in [4.69, 9.17) is 19.9 Å². The Morgan fingerprint density at radius 3 is 2.57 bits per heavy atom. The number of nitrogens with zero attached hydrogens (tertiary/aromatic N) is 2. The second-order valence-electron chi connectivity index (χ2n) is 10.9. The van der Waals surface area contributed by atoms with Crippen LogP contribution in [0.4, 0.5) is 5.82 Å². The SMILES string of the molecule is COCC1CCC(CNc2nc[nH]c(=O)c2C(=N)C#CCCNC(=O)CCCCc2c3ccccc3nc3ccccc23)O1. The van der Waals surface area contributed by atoms with E-state index in [1.165, 1.54) is 11.9 Å². The number of hydrogen-bond acceptors (Lipinski definition) is 8. The number of pyridine rings is 1. The Morgan fingerprint density at radius 1 is 1.09 bits per heavy atom. The van der Waals surface area contributed by atoms with Gasteiger partial charge in [0.05, 0.1) is 36.2 Å². The third-order valence-corrected chi connectivity index (χ3v) is 7.71. The van der Waals surface area contributed by atoms with E-state index >= 15 is 0 Å². The summed E-state index contributed by atoms with van der Waals surface area (Å²) >= 11 is 0. The Balaban J connectivity index is 1.06. The summed E-state index contributed by atoms with van der Waals surface area (Å²) in [5.74, 6) is 5.90. The Bertz CT molecular complexity index is 1690. The van der Waals surface area contributed by atoms with Crippen molar-refractivity contribution >= 4 is 39.2 Å². The van der Waals surface area contributed by atoms with Crippen molar-refractivity contribution in [3.8, 4) is 11.8 Å². The van der Waals surface area contributed by atoms with Crippen molar-refractivity contribution in [2.45, 2.75) is 57.2 Å². The van der Waals surface area contributed by atoms with Crippen LogP contribution in [0.5, 0.6) is 0 Å². The maximum Gasteiger partial charge on any atom is 0.262 e. The van der Waals surface area contributed by atoms with Gasteiger partial charge in [0.15, 0.2) is 0 Å². The molecule has 228 valence electrons. The van der Waals surface area contributed by atoms with Crippen molar-refractivity contribution in [2.24, 2.45) is 0 Å². The van der Waals surface area contributed by atoms with Crippen molar-refractivity contribution in [2.75, 3.05) is 32.1 Å². The molecule has 4 N–H and O–H groups in total. The maximum absolute atomic E-state index is 12.5. The summed E-state index contributed by atoms with van der Waals surface area (Å²) in [6.45, 7) is 1.38. The van der Waals surface area contributed by atoms with Gasteiger partial charge < -0.3 is 25.1 Å². The molecule has 3 heterocycles. The van der Waals surface area contributed by atoms with Gasteiger partial charge in [0.1, 0.15) is 17.1 Å². The van der Waals surface area contributed by atoms with Crippen LogP contribution >= 0.6 is 0 Å². The van der Waals surface area contributed by atoms with E-state index in [1.54, 1.807) is 7.11 Å². The van der Waals surface area contributed by atoms with E-state index in [-0.39, 0.29) is 29.4 Å². The third kappa shape index (κ3) is 7.86. The monoisotopic (exact) mass is 594 g/mol. The quantitative estimate of drug-likeness (QED) is 0.0780. The summed E-state index contributed by atoms with van der Waals surface area (Å²) in [4.78, 5) is 36.4. The zero-order chi connectivity index (χ0) is 30.7. The van der Waals surface area contributed by atoms with E-state index in [2.05, 4.69) is 44.6 Å². The first-order valence-electron chi connectivity index (χ1n) is 15.1. The summed E-state index contributed by atoms with van der Waals surface area (Å²) in [7, 11) is 1.65. The zero-order valence-corrected chi connectivity index (χ0v) is 24.9. The summed E-state index contributed by atoms with van der Waals surface area (Å²) in [6, 6.07) is 16.4. The van der Waals surface area contributed by atoms with Crippen LogP contribution in [-0.2, 0) is 20.7 Å². The highest BCUT2D eigenvalue weighted by atomic mass is 16.5. The minimum Gasteiger partial charge on any atom is -0.382 e. The fourth-order valence-electron chi connectivity index (χ4n) is 5.57. The molecule has 2 atom stereocenters. The van der Waals surface area contributed by atoms with Crippen LogP contribution in [0.1, 0.15) is 49.7 Å². The molecule has 0 spiro atoms. The number of amides is 1. The molecular formula is C34H38N6O4. The first-order chi connectivity index (χ1) is 21.5. The molecule has 2 unspecified atom stereocenters. The van der Waals surface area contributed by atoms with E-state index in [1.807, 2.05) is 36.4 Å². The molecule has 0 bridgehead atoms. The van der Waals surface area contributed by atoms with Gasteiger partial charge in [-0.15, -0.1) is 0 Å². The molecule has 4 aromatic rings. The predicted octanol–water partition coefficient (Wildman–Crippen LogP) is 4.37. The molecule has 0 radical (unpaired) electrons. The van der Waals surface area contributed by atoms with Crippen LogP contribution in [0.25, 0.3) is 21.8 Å². The minimum atomic E-state index is -0.438. The number of carbonyl (C=O) groups excluding carboxylic acids is 1. The van der Waals surface area contributed by atoms with Gasteiger partial charge in [-0.2, -0.15) is 0 Å². The standard InChI is InChI=1S/C34H38N6O4/c1-43-21-24-18-17-23(44-24)20-37-33-32(34(42)39-22-38-33)28(35)13-8-9-19-36-31(41)16-7-4-10-25-26-11-2-5-14-29(26)40-30-15-6-3-12-27(25)30/h2-3,5-6,11-12,14-15,22-24,35H,4,7,9-10,16-21H2,1H3,(H,36,41)(H2,37,38,39,42). The Hall–Kier alpha value is -4.59. The molecule has 1 amide bonds. The van der Waals surface area contributed by atoms with E-state index in [9.17, 15) is 9.59 Å². The summed E-state index contributed by atoms with van der Waals surface area (Å²) < 4.78 is 11.1. The first kappa shape index (κ1) is 30.9. The van der Waals surface area contributed by atoms with Crippen LogP contribution in [0.2, 0.25) is 0 Å². The maximum atomic E-state index is 12.5. The fraction of sp³-hybridized carbons (Fsp3) is 0.382. The number of nitrogens with one attached hydrogen (secondary N) is 4. The second-order valence-corrected chi connectivity index (χ2v) is 10.9. The average Bonchev–Trinajstić information content (AvgIpc) is 3.48. The lowest BCUT2D eigenvalue weighted by molar-refractivity contribution is -0.121. The number of hydrogen-bond donors (Lipinski definition) is 4. The lowest BCUT2D eigenvalue weighted by Crippen LogP contribution is -2.26. The number of methoxy groups -OCH3 is 1. The highest BCUT2D eigenvalue weighted by molar-refractivity contribution is 6.13. The summed E-state index contributed by atoms with van der Waals surface area (Å²) in [5.41, 5.74) is 2.78. The molecule has 5 rings (SSSR count). The van der Waals surface area contributed by atoms with Crippen molar-refractivity contribution in [3.05, 3.63) is 76.3 Å². The van der Waals surface area contributed by atoms with Gasteiger partial charge in [-0.05, 0) is 55.7 Å². The third-order valence-electron chi connectivity index (χ3n) is 7.71. The molecule has 0 aliphatic carbocycles. The largest absolute Gasteiger partial charge is 0.382 e. The molecule has 1 aliphatic heterocycles. The Labute approximate surface area is 256 Å². The van der Waals surface area contributed by atoms with Crippen LogP contribution < -0.4 is 16.2 Å². The predicted molar refractivity (Wildman–Crippen MR) is 172 cm³/mol. The van der Waals surface area contributed by atoms with Crippen LogP contribution in [-0.4, -0.2) is 65.6 Å². The number of aryl methyl sites for hydroxylation is 1. The van der Waals surface area contributed by atoms with E-state index in [0.29, 0.717) is 38.4 Å². The number of rotatable bonds is 13. The van der Waals surface area contributed by atoms with E-state index < -0.39 is 5.56 Å². The fourth-order valence-corrected chi connectivity index (χ4v) is 5.57. The number of aromatic amines is 1. The number of benzene rings is 2. The molecule has 2 aromatic heterocycles. The van der Waals surface area contributed by atoms with Gasteiger partial charge in [-0.3, -0.25) is 15.0 Å². The molecule has 2 aromatic carbocycles. The number of para-hydroxylation sites is 2. The highest BCUT2D eigenvalue weighted by Crippen LogP contribution is 2.27. The normalized spacial score (nSPS) is 16.0. The topological polar surface area (TPSA) is 142 Å². The Morgan fingerprint density at radius 2 is 1.82 bits per heavy atom. The van der Waals surface area contributed by atoms with Gasteiger partial charge in [0.2, 0.25) is 5.91 Å². The molecule has 44 heavy (non-hydrogen) atoms. The smallest absolute Gasteiger partial charge is 0.262 e. The molecular weight excluding hydrogens is 556 g/mol. The van der Waals surface area contributed by atoms with Gasteiger partial charge >= 0.3 is 0 Å². The molecule has 1 aliphatic rings. The molecule has 10 heteroatoms. The molecule has 1 fully saturated rings. The van der Waals surface area contributed by atoms with Crippen molar-refractivity contribution in [1.29, 1.82) is 5.41 Å². The lowest BCUT2D eigenvalue weighted by Gasteiger charge is -2.15. The number of carbonyl (C=O) groups is 1.